The highest BCUT2D eigenvalue weighted by Crippen LogP contribution is 2.14. The molecule has 0 saturated heterocycles. The van der Waals surface area contributed by atoms with Gasteiger partial charge in [0.25, 0.3) is 6.47 Å². The van der Waals surface area contributed by atoms with Crippen LogP contribution in [-0.4, -0.2) is 17.7 Å². The lowest BCUT2D eigenvalue weighted by molar-refractivity contribution is -0.128. The van der Waals surface area contributed by atoms with E-state index in [-0.39, 0.29) is 5.44 Å². The van der Waals surface area contributed by atoms with Gasteiger partial charge in [-0.3, -0.25) is 4.79 Å². The SMILES string of the molecule is C=CC(OC=O)SCCCCC. The molecule has 1 unspecified atom stereocenters. The highest BCUT2D eigenvalue weighted by molar-refractivity contribution is 7.99. The molecule has 0 aromatic carbocycles. The van der Waals surface area contributed by atoms with Gasteiger partial charge in [-0.15, -0.1) is 11.8 Å². The fraction of sp³-hybridized carbons (Fsp3) is 0.667. The average Bonchev–Trinajstić information content (AvgIpc) is 2.10. The summed E-state index contributed by atoms with van der Waals surface area (Å²) in [5.74, 6) is 1.03. The number of carbonyl (C=O) groups is 1. The highest BCUT2D eigenvalue weighted by atomic mass is 32.2. The zero-order valence-electron chi connectivity index (χ0n) is 7.49. The normalized spacial score (nSPS) is 12.1. The molecule has 0 radical (unpaired) electrons. The monoisotopic (exact) mass is 188 g/mol. The number of hydrogen-bond donors (Lipinski definition) is 0. The summed E-state index contributed by atoms with van der Waals surface area (Å²) in [4.78, 5) is 9.98. The number of hydrogen-bond acceptors (Lipinski definition) is 3. The number of carbonyl (C=O) groups excluding carboxylic acids is 1. The Morgan fingerprint density at radius 2 is 2.33 bits per heavy atom. The van der Waals surface area contributed by atoms with Crippen LogP contribution in [0.2, 0.25) is 0 Å². The van der Waals surface area contributed by atoms with Crippen molar-refractivity contribution in [2.45, 2.75) is 31.6 Å². The van der Waals surface area contributed by atoms with E-state index in [1.54, 1.807) is 17.8 Å². The van der Waals surface area contributed by atoms with Gasteiger partial charge in [0.15, 0.2) is 5.44 Å². The van der Waals surface area contributed by atoms with E-state index in [0.29, 0.717) is 6.47 Å². The second-order valence-electron chi connectivity index (χ2n) is 2.41. The van der Waals surface area contributed by atoms with Crippen LogP contribution in [0.1, 0.15) is 26.2 Å². The number of thioether (sulfide) groups is 1. The third-order valence-corrected chi connectivity index (χ3v) is 2.57. The smallest absolute Gasteiger partial charge is 0.294 e. The molecule has 0 saturated carbocycles. The maximum atomic E-state index is 9.98. The van der Waals surface area contributed by atoms with E-state index in [2.05, 4.69) is 13.5 Å². The van der Waals surface area contributed by atoms with Crippen molar-refractivity contribution in [2.24, 2.45) is 0 Å². The van der Waals surface area contributed by atoms with Gasteiger partial charge >= 0.3 is 0 Å². The molecule has 2 nitrogen and oxygen atoms in total. The zero-order valence-corrected chi connectivity index (χ0v) is 8.31. The van der Waals surface area contributed by atoms with E-state index >= 15 is 0 Å². The number of unbranched alkanes of at least 4 members (excludes halogenated alkanes) is 2. The first-order chi connectivity index (χ1) is 5.85. The molecule has 0 aromatic heterocycles. The second-order valence-corrected chi connectivity index (χ2v) is 3.62. The van der Waals surface area contributed by atoms with Crippen LogP contribution >= 0.6 is 11.8 Å². The molecule has 0 bridgehead atoms. The van der Waals surface area contributed by atoms with Crippen molar-refractivity contribution in [3.05, 3.63) is 12.7 Å². The van der Waals surface area contributed by atoms with Crippen molar-refractivity contribution in [1.82, 2.24) is 0 Å². The Morgan fingerprint density at radius 3 is 2.83 bits per heavy atom. The van der Waals surface area contributed by atoms with Gasteiger partial charge in [0.2, 0.25) is 0 Å². The highest BCUT2D eigenvalue weighted by Gasteiger charge is 2.02. The Balaban J connectivity index is 3.31. The second kappa shape index (κ2) is 8.65. The molecular formula is C9H16O2S. The first-order valence-electron chi connectivity index (χ1n) is 4.18. The van der Waals surface area contributed by atoms with Crippen molar-refractivity contribution in [1.29, 1.82) is 0 Å². The topological polar surface area (TPSA) is 26.3 Å². The Bertz CT molecular complexity index is 126. The maximum absolute atomic E-state index is 9.98. The van der Waals surface area contributed by atoms with Crippen LogP contribution in [0.3, 0.4) is 0 Å². The molecule has 3 heteroatoms. The van der Waals surface area contributed by atoms with Gasteiger partial charge in [0, 0.05) is 0 Å². The van der Waals surface area contributed by atoms with Gasteiger partial charge < -0.3 is 4.74 Å². The lowest BCUT2D eigenvalue weighted by Crippen LogP contribution is -2.03. The molecular weight excluding hydrogens is 172 g/mol. The minimum atomic E-state index is -0.167. The standard InChI is InChI=1S/C9H16O2S/c1-3-5-6-7-12-9(4-2)11-8-10/h4,8-9H,2-3,5-7H2,1H3. The molecule has 0 N–H and O–H groups in total. The van der Waals surface area contributed by atoms with E-state index in [0.717, 1.165) is 5.75 Å². The van der Waals surface area contributed by atoms with Crippen LogP contribution in [0.15, 0.2) is 12.7 Å². The Labute approximate surface area is 78.4 Å². The van der Waals surface area contributed by atoms with E-state index in [1.807, 2.05) is 0 Å². The fourth-order valence-electron chi connectivity index (χ4n) is 0.769. The van der Waals surface area contributed by atoms with E-state index < -0.39 is 0 Å². The van der Waals surface area contributed by atoms with Crippen LogP contribution < -0.4 is 0 Å². The van der Waals surface area contributed by atoms with Gasteiger partial charge in [-0.2, -0.15) is 0 Å². The molecule has 0 aromatic rings. The summed E-state index contributed by atoms with van der Waals surface area (Å²) in [6.07, 6.45) is 5.27. The van der Waals surface area contributed by atoms with Gasteiger partial charge in [-0.25, -0.2) is 0 Å². The molecule has 0 amide bonds. The van der Waals surface area contributed by atoms with Crippen LogP contribution in [0.25, 0.3) is 0 Å². The molecule has 12 heavy (non-hydrogen) atoms. The minimum Gasteiger partial charge on any atom is -0.449 e. The van der Waals surface area contributed by atoms with Gasteiger partial charge in [-0.1, -0.05) is 26.3 Å². The predicted octanol–water partition coefficient (Wildman–Crippen LogP) is 2.59. The molecule has 1 atom stereocenters. The van der Waals surface area contributed by atoms with Crippen molar-refractivity contribution in [2.75, 3.05) is 5.75 Å². The van der Waals surface area contributed by atoms with E-state index in [4.69, 9.17) is 4.74 Å². The largest absolute Gasteiger partial charge is 0.449 e. The molecule has 0 aliphatic rings. The van der Waals surface area contributed by atoms with Crippen LogP contribution in [0.5, 0.6) is 0 Å². The summed E-state index contributed by atoms with van der Waals surface area (Å²) >= 11 is 1.61. The van der Waals surface area contributed by atoms with Crippen LogP contribution in [0, 0.1) is 0 Å². The van der Waals surface area contributed by atoms with Crippen LogP contribution in [0.4, 0.5) is 0 Å². The Hall–Kier alpha value is -0.440. The summed E-state index contributed by atoms with van der Waals surface area (Å²) in [6, 6.07) is 0. The molecule has 0 spiro atoms. The van der Waals surface area contributed by atoms with Gasteiger partial charge in [0.05, 0.1) is 0 Å². The summed E-state index contributed by atoms with van der Waals surface area (Å²) in [6.45, 7) is 6.21. The third-order valence-electron chi connectivity index (χ3n) is 1.41. The summed E-state index contributed by atoms with van der Waals surface area (Å²) in [7, 11) is 0. The minimum absolute atomic E-state index is 0.167. The average molecular weight is 188 g/mol. The van der Waals surface area contributed by atoms with E-state index in [1.165, 1.54) is 19.3 Å². The van der Waals surface area contributed by atoms with Crippen molar-refractivity contribution >= 4 is 18.2 Å². The van der Waals surface area contributed by atoms with Gasteiger partial charge in [0.1, 0.15) is 0 Å². The lowest BCUT2D eigenvalue weighted by Gasteiger charge is -2.08. The first kappa shape index (κ1) is 11.6. The number of rotatable bonds is 8. The molecule has 0 rings (SSSR count). The first-order valence-corrected chi connectivity index (χ1v) is 5.23. The summed E-state index contributed by atoms with van der Waals surface area (Å²) in [5, 5.41) is 0. The zero-order chi connectivity index (χ0) is 9.23. The van der Waals surface area contributed by atoms with Crippen molar-refractivity contribution in [3.63, 3.8) is 0 Å². The Kier molecular flexibility index (Phi) is 8.34. The van der Waals surface area contributed by atoms with Gasteiger partial charge in [-0.05, 0) is 18.2 Å². The van der Waals surface area contributed by atoms with Crippen molar-refractivity contribution in [3.8, 4) is 0 Å². The molecule has 0 fully saturated rings. The number of ether oxygens (including phenoxy) is 1. The maximum Gasteiger partial charge on any atom is 0.294 e. The predicted molar refractivity (Wildman–Crippen MR) is 53.1 cm³/mol. The molecule has 70 valence electrons. The summed E-state index contributed by atoms with van der Waals surface area (Å²) in [5.41, 5.74) is -0.167. The fourth-order valence-corrected chi connectivity index (χ4v) is 1.63. The third kappa shape index (κ3) is 6.28. The van der Waals surface area contributed by atoms with Crippen molar-refractivity contribution < 1.29 is 9.53 Å². The van der Waals surface area contributed by atoms with E-state index in [9.17, 15) is 4.79 Å². The lowest BCUT2D eigenvalue weighted by atomic mass is 10.3. The van der Waals surface area contributed by atoms with Crippen LogP contribution in [-0.2, 0) is 9.53 Å². The quantitative estimate of drug-likeness (QED) is 0.253. The Morgan fingerprint density at radius 1 is 1.58 bits per heavy atom. The molecule has 0 aliphatic heterocycles. The molecule has 0 aliphatic carbocycles. The summed E-state index contributed by atoms with van der Waals surface area (Å²) < 4.78 is 4.74. The molecule has 0 heterocycles.